The van der Waals surface area contributed by atoms with Crippen LogP contribution >= 0.6 is 11.3 Å². The summed E-state index contributed by atoms with van der Waals surface area (Å²) in [6.45, 7) is 6.90. The summed E-state index contributed by atoms with van der Waals surface area (Å²) in [7, 11) is 0. The number of hydrogen-bond donors (Lipinski definition) is 3. The van der Waals surface area contributed by atoms with Crippen molar-refractivity contribution < 1.29 is 9.90 Å². The van der Waals surface area contributed by atoms with Gasteiger partial charge in [-0.15, -0.1) is 11.3 Å². The number of carbonyl (C=O) groups is 1. The van der Waals surface area contributed by atoms with Gasteiger partial charge in [-0.2, -0.15) is 0 Å². The van der Waals surface area contributed by atoms with Crippen molar-refractivity contribution in [1.29, 1.82) is 0 Å². The number of carbonyl (C=O) groups excluding carboxylic acids is 1. The van der Waals surface area contributed by atoms with Crippen molar-refractivity contribution in [1.82, 2.24) is 15.6 Å². The second kappa shape index (κ2) is 8.12. The van der Waals surface area contributed by atoms with Crippen molar-refractivity contribution in [3.8, 4) is 0 Å². The van der Waals surface area contributed by atoms with Gasteiger partial charge in [0.05, 0.1) is 16.8 Å². The molecule has 0 spiro atoms. The van der Waals surface area contributed by atoms with Gasteiger partial charge in [0.25, 0.3) is 0 Å². The number of nitrogens with one attached hydrogen (secondary N) is 2. The molecule has 1 atom stereocenters. The quantitative estimate of drug-likeness (QED) is 0.714. The third-order valence-electron chi connectivity index (χ3n) is 2.82. The Labute approximate surface area is 118 Å². The average molecular weight is 285 g/mol. The number of aliphatic hydroxyl groups is 1. The van der Waals surface area contributed by atoms with Crippen LogP contribution in [0.2, 0.25) is 0 Å². The van der Waals surface area contributed by atoms with Gasteiger partial charge in [-0.05, 0) is 20.3 Å². The van der Waals surface area contributed by atoms with Crippen LogP contribution < -0.4 is 10.6 Å². The molecule has 0 aliphatic rings. The fraction of sp³-hybridized carbons (Fsp3) is 0.692. The molecule has 108 valence electrons. The lowest BCUT2D eigenvalue weighted by molar-refractivity contribution is 0.160. The summed E-state index contributed by atoms with van der Waals surface area (Å²) in [4.78, 5) is 17.1. The largest absolute Gasteiger partial charge is 0.391 e. The zero-order valence-corrected chi connectivity index (χ0v) is 12.6. The fourth-order valence-electron chi connectivity index (χ4n) is 1.64. The van der Waals surface area contributed by atoms with Gasteiger partial charge in [-0.25, -0.2) is 9.78 Å². The lowest BCUT2D eigenvalue weighted by Gasteiger charge is -2.11. The molecule has 1 aromatic rings. The Morgan fingerprint density at radius 2 is 2.16 bits per heavy atom. The number of nitrogens with zero attached hydrogens (tertiary/aromatic N) is 1. The Bertz CT molecular complexity index is 387. The summed E-state index contributed by atoms with van der Waals surface area (Å²) in [6.07, 6.45) is 1.90. The van der Waals surface area contributed by atoms with Crippen LogP contribution in [0.1, 0.15) is 35.3 Å². The Kier molecular flexibility index (Phi) is 6.80. The fourth-order valence-corrected chi connectivity index (χ4v) is 2.57. The minimum atomic E-state index is -0.458. The van der Waals surface area contributed by atoms with Crippen LogP contribution in [0, 0.1) is 13.8 Å². The van der Waals surface area contributed by atoms with Gasteiger partial charge in [0, 0.05) is 24.4 Å². The molecule has 0 aromatic carbocycles. The third kappa shape index (κ3) is 6.02. The SMILES string of the molecule is CCCC(O)CNC(=O)NCCc1nc(C)c(C)s1. The highest BCUT2D eigenvalue weighted by molar-refractivity contribution is 7.11. The van der Waals surface area contributed by atoms with Crippen molar-refractivity contribution in [3.63, 3.8) is 0 Å². The molecule has 1 heterocycles. The minimum Gasteiger partial charge on any atom is -0.391 e. The van der Waals surface area contributed by atoms with Gasteiger partial charge >= 0.3 is 6.03 Å². The van der Waals surface area contributed by atoms with E-state index in [1.165, 1.54) is 4.88 Å². The summed E-state index contributed by atoms with van der Waals surface area (Å²) in [5, 5.41) is 15.9. The second-order valence-corrected chi connectivity index (χ2v) is 5.87. The topological polar surface area (TPSA) is 74.2 Å². The van der Waals surface area contributed by atoms with E-state index in [2.05, 4.69) is 15.6 Å². The lowest BCUT2D eigenvalue weighted by Crippen LogP contribution is -2.40. The number of aromatic nitrogens is 1. The van der Waals surface area contributed by atoms with E-state index < -0.39 is 6.10 Å². The van der Waals surface area contributed by atoms with Crippen LogP contribution in [-0.4, -0.2) is 35.3 Å². The van der Waals surface area contributed by atoms with Crippen molar-refractivity contribution >= 4 is 17.4 Å². The highest BCUT2D eigenvalue weighted by atomic mass is 32.1. The van der Waals surface area contributed by atoms with Gasteiger partial charge in [0.1, 0.15) is 0 Å². The first-order valence-corrected chi connectivity index (χ1v) is 7.47. The van der Waals surface area contributed by atoms with Gasteiger partial charge in [0.2, 0.25) is 0 Å². The summed E-state index contributed by atoms with van der Waals surface area (Å²) < 4.78 is 0. The molecule has 0 saturated heterocycles. The predicted octanol–water partition coefficient (Wildman–Crippen LogP) is 1.76. The number of hydrogen-bond acceptors (Lipinski definition) is 4. The first kappa shape index (κ1) is 15.9. The summed E-state index contributed by atoms with van der Waals surface area (Å²) in [5.41, 5.74) is 1.06. The van der Waals surface area contributed by atoms with Gasteiger partial charge < -0.3 is 15.7 Å². The third-order valence-corrected chi connectivity index (χ3v) is 3.95. The molecule has 0 aliphatic carbocycles. The first-order valence-electron chi connectivity index (χ1n) is 6.65. The van der Waals surface area contributed by atoms with E-state index in [-0.39, 0.29) is 6.03 Å². The van der Waals surface area contributed by atoms with E-state index in [4.69, 9.17) is 0 Å². The van der Waals surface area contributed by atoms with Crippen LogP contribution in [0.15, 0.2) is 0 Å². The molecule has 3 N–H and O–H groups in total. The number of thiazole rings is 1. The molecule has 1 unspecified atom stereocenters. The average Bonchev–Trinajstić information content (AvgIpc) is 2.66. The smallest absolute Gasteiger partial charge is 0.314 e. The Morgan fingerprint density at radius 3 is 2.74 bits per heavy atom. The molecule has 1 aromatic heterocycles. The molecule has 0 bridgehead atoms. The van der Waals surface area contributed by atoms with Crippen molar-refractivity contribution in [2.75, 3.05) is 13.1 Å². The maximum absolute atomic E-state index is 11.5. The van der Waals surface area contributed by atoms with E-state index in [0.29, 0.717) is 19.5 Å². The Balaban J connectivity index is 2.16. The van der Waals surface area contributed by atoms with Crippen LogP contribution in [0.4, 0.5) is 4.79 Å². The van der Waals surface area contributed by atoms with E-state index in [9.17, 15) is 9.90 Å². The highest BCUT2D eigenvalue weighted by Gasteiger charge is 2.07. The standard InChI is InChI=1S/C13H23N3O2S/c1-4-5-11(17)8-15-13(18)14-7-6-12-16-9(2)10(3)19-12/h11,17H,4-8H2,1-3H3,(H2,14,15,18). The number of urea groups is 1. The van der Waals surface area contributed by atoms with Crippen LogP contribution in [0.25, 0.3) is 0 Å². The minimum absolute atomic E-state index is 0.236. The Hall–Kier alpha value is -1.14. The zero-order valence-electron chi connectivity index (χ0n) is 11.8. The first-order chi connectivity index (χ1) is 9.02. The number of aryl methyl sites for hydroxylation is 2. The predicted molar refractivity (Wildman–Crippen MR) is 77.6 cm³/mol. The molecule has 0 aliphatic heterocycles. The van der Waals surface area contributed by atoms with Crippen LogP contribution in [-0.2, 0) is 6.42 Å². The molecule has 6 heteroatoms. The maximum Gasteiger partial charge on any atom is 0.314 e. The number of rotatable bonds is 7. The monoisotopic (exact) mass is 285 g/mol. The normalized spacial score (nSPS) is 12.2. The highest BCUT2D eigenvalue weighted by Crippen LogP contribution is 2.16. The van der Waals surface area contributed by atoms with E-state index >= 15 is 0 Å². The van der Waals surface area contributed by atoms with Crippen molar-refractivity contribution in [2.45, 2.75) is 46.1 Å². The number of amides is 2. The van der Waals surface area contributed by atoms with Gasteiger partial charge in [-0.1, -0.05) is 13.3 Å². The van der Waals surface area contributed by atoms with Gasteiger partial charge in [0.15, 0.2) is 0 Å². The summed E-state index contributed by atoms with van der Waals surface area (Å²) in [5.74, 6) is 0. The molecular formula is C13H23N3O2S. The molecule has 5 nitrogen and oxygen atoms in total. The summed E-state index contributed by atoms with van der Waals surface area (Å²) in [6, 6.07) is -0.236. The molecule has 0 radical (unpaired) electrons. The molecule has 0 fully saturated rings. The van der Waals surface area contributed by atoms with E-state index in [1.807, 2.05) is 20.8 Å². The maximum atomic E-state index is 11.5. The zero-order chi connectivity index (χ0) is 14.3. The molecule has 1 rings (SSSR count). The van der Waals surface area contributed by atoms with Crippen LogP contribution in [0.5, 0.6) is 0 Å². The molecular weight excluding hydrogens is 262 g/mol. The lowest BCUT2D eigenvalue weighted by atomic mass is 10.2. The van der Waals surface area contributed by atoms with Crippen molar-refractivity contribution in [3.05, 3.63) is 15.6 Å². The molecule has 0 saturated carbocycles. The van der Waals surface area contributed by atoms with E-state index in [0.717, 1.165) is 23.5 Å². The summed E-state index contributed by atoms with van der Waals surface area (Å²) >= 11 is 1.67. The number of aliphatic hydroxyl groups excluding tert-OH is 1. The Morgan fingerprint density at radius 1 is 1.42 bits per heavy atom. The second-order valence-electron chi connectivity index (χ2n) is 4.58. The molecule has 19 heavy (non-hydrogen) atoms. The van der Waals surface area contributed by atoms with E-state index in [1.54, 1.807) is 11.3 Å². The molecule has 2 amide bonds. The van der Waals surface area contributed by atoms with Crippen molar-refractivity contribution in [2.24, 2.45) is 0 Å². The van der Waals surface area contributed by atoms with Gasteiger partial charge in [-0.3, -0.25) is 0 Å². The van der Waals surface area contributed by atoms with Crippen LogP contribution in [0.3, 0.4) is 0 Å².